The van der Waals surface area contributed by atoms with Crippen LogP contribution in [-0.4, -0.2) is 46.3 Å². The van der Waals surface area contributed by atoms with Gasteiger partial charge in [0.15, 0.2) is 0 Å². The van der Waals surface area contributed by atoms with Crippen LogP contribution in [0.5, 0.6) is 0 Å². The van der Waals surface area contributed by atoms with Crippen molar-refractivity contribution in [3.8, 4) is 0 Å². The number of aliphatic hydroxyl groups is 1. The highest BCUT2D eigenvalue weighted by Crippen LogP contribution is 2.29. The second-order valence-corrected chi connectivity index (χ2v) is 6.97. The number of rotatable bonds is 4. The van der Waals surface area contributed by atoms with Crippen LogP contribution in [0.3, 0.4) is 0 Å². The average molecular weight is 287 g/mol. The minimum atomic E-state index is -3.49. The molecule has 2 heterocycles. The highest BCUT2D eigenvalue weighted by Gasteiger charge is 2.36. The Morgan fingerprint density at radius 1 is 1.37 bits per heavy atom. The number of aromatic nitrogens is 2. The van der Waals surface area contributed by atoms with Gasteiger partial charge in [-0.05, 0) is 26.7 Å². The van der Waals surface area contributed by atoms with Crippen molar-refractivity contribution in [3.05, 3.63) is 12.4 Å². The molecule has 1 aromatic rings. The highest BCUT2D eigenvalue weighted by atomic mass is 32.2. The lowest BCUT2D eigenvalue weighted by molar-refractivity contribution is 0.204. The molecule has 0 aliphatic carbocycles. The van der Waals surface area contributed by atoms with Crippen LogP contribution < -0.4 is 0 Å². The van der Waals surface area contributed by atoms with Crippen molar-refractivity contribution in [2.24, 2.45) is 0 Å². The summed E-state index contributed by atoms with van der Waals surface area (Å²) in [6.07, 6.45) is 5.71. The maximum atomic E-state index is 12.6. The first-order valence-electron chi connectivity index (χ1n) is 6.63. The lowest BCUT2D eigenvalue weighted by Gasteiger charge is -2.37. The molecule has 0 spiro atoms. The summed E-state index contributed by atoms with van der Waals surface area (Å²) in [6.45, 7) is 4.15. The molecule has 1 fully saturated rings. The van der Waals surface area contributed by atoms with Gasteiger partial charge in [0.2, 0.25) is 10.0 Å². The van der Waals surface area contributed by atoms with E-state index >= 15 is 0 Å². The van der Waals surface area contributed by atoms with Gasteiger partial charge in [0.25, 0.3) is 0 Å². The van der Waals surface area contributed by atoms with Crippen molar-refractivity contribution in [3.63, 3.8) is 0 Å². The van der Waals surface area contributed by atoms with Crippen LogP contribution in [0, 0.1) is 0 Å². The van der Waals surface area contributed by atoms with Gasteiger partial charge >= 0.3 is 0 Å². The Balaban J connectivity index is 2.29. The van der Waals surface area contributed by atoms with Gasteiger partial charge in [-0.3, -0.25) is 4.68 Å². The smallest absolute Gasteiger partial charge is 0.246 e. The molecule has 1 aromatic heterocycles. The summed E-state index contributed by atoms with van der Waals surface area (Å²) in [6, 6.07) is 0.0462. The Labute approximate surface area is 114 Å². The van der Waals surface area contributed by atoms with Crippen LogP contribution >= 0.6 is 0 Å². The first-order chi connectivity index (χ1) is 8.96. The van der Waals surface area contributed by atoms with Gasteiger partial charge in [-0.2, -0.15) is 9.40 Å². The summed E-state index contributed by atoms with van der Waals surface area (Å²) in [4.78, 5) is 0.210. The van der Waals surface area contributed by atoms with Gasteiger partial charge < -0.3 is 5.11 Å². The van der Waals surface area contributed by atoms with E-state index in [0.717, 1.165) is 19.3 Å². The van der Waals surface area contributed by atoms with Crippen molar-refractivity contribution in [2.75, 3.05) is 6.61 Å². The van der Waals surface area contributed by atoms with E-state index in [-0.39, 0.29) is 23.6 Å². The molecule has 19 heavy (non-hydrogen) atoms. The fourth-order valence-corrected chi connectivity index (χ4v) is 4.53. The normalized spacial score (nSPS) is 25.6. The predicted octanol–water partition coefficient (Wildman–Crippen LogP) is 0.827. The van der Waals surface area contributed by atoms with Gasteiger partial charge in [-0.1, -0.05) is 6.42 Å². The average Bonchev–Trinajstić information content (AvgIpc) is 2.78. The molecule has 0 aromatic carbocycles. The zero-order valence-corrected chi connectivity index (χ0v) is 12.2. The second-order valence-electron chi connectivity index (χ2n) is 5.13. The van der Waals surface area contributed by atoms with Crippen molar-refractivity contribution >= 4 is 10.0 Å². The summed E-state index contributed by atoms with van der Waals surface area (Å²) in [5, 5.41) is 12.8. The topological polar surface area (TPSA) is 75.4 Å². The van der Waals surface area contributed by atoms with E-state index in [0.29, 0.717) is 6.54 Å². The molecular formula is C12H21N3O3S. The summed E-state index contributed by atoms with van der Waals surface area (Å²) >= 11 is 0. The molecule has 1 aliphatic rings. The number of hydrogen-bond donors (Lipinski definition) is 1. The maximum Gasteiger partial charge on any atom is 0.246 e. The lowest BCUT2D eigenvalue weighted by Crippen LogP contribution is -2.47. The standard InChI is InChI=1S/C12H21N3O3S/c1-10-4-3-5-11(2)15(10)19(17,18)12-8-13-14(9-12)6-7-16/h8-11,16H,3-7H2,1-2H3. The van der Waals surface area contributed by atoms with Crippen molar-refractivity contribution in [1.29, 1.82) is 0 Å². The Morgan fingerprint density at radius 2 is 2.00 bits per heavy atom. The fourth-order valence-electron chi connectivity index (χ4n) is 2.70. The van der Waals surface area contributed by atoms with E-state index in [1.54, 1.807) is 4.31 Å². The van der Waals surface area contributed by atoms with E-state index in [2.05, 4.69) is 5.10 Å². The lowest BCUT2D eigenvalue weighted by atomic mass is 10.0. The molecule has 0 amide bonds. The van der Waals surface area contributed by atoms with Crippen LogP contribution in [-0.2, 0) is 16.6 Å². The van der Waals surface area contributed by atoms with E-state index < -0.39 is 10.0 Å². The molecular weight excluding hydrogens is 266 g/mol. The summed E-state index contributed by atoms with van der Waals surface area (Å²) < 4.78 is 28.3. The van der Waals surface area contributed by atoms with Crippen LogP contribution in [0.2, 0.25) is 0 Å². The molecule has 1 aliphatic heterocycles. The molecule has 1 saturated heterocycles. The quantitative estimate of drug-likeness (QED) is 0.890. The number of aliphatic hydroxyl groups excluding tert-OH is 1. The molecule has 0 bridgehead atoms. The predicted molar refractivity (Wildman–Crippen MR) is 71.1 cm³/mol. The Hall–Kier alpha value is -0.920. The minimum absolute atomic E-state index is 0.0231. The molecule has 0 saturated carbocycles. The van der Waals surface area contributed by atoms with Crippen LogP contribution in [0.1, 0.15) is 33.1 Å². The number of piperidine rings is 1. The summed E-state index contributed by atoms with van der Waals surface area (Å²) in [5.74, 6) is 0. The fraction of sp³-hybridized carbons (Fsp3) is 0.750. The number of sulfonamides is 1. The third-order valence-corrected chi connectivity index (χ3v) is 5.71. The minimum Gasteiger partial charge on any atom is -0.394 e. The molecule has 108 valence electrons. The monoisotopic (exact) mass is 287 g/mol. The number of nitrogens with zero attached hydrogens (tertiary/aromatic N) is 3. The maximum absolute atomic E-state index is 12.6. The van der Waals surface area contributed by atoms with E-state index in [4.69, 9.17) is 5.11 Å². The van der Waals surface area contributed by atoms with Crippen LogP contribution in [0.4, 0.5) is 0 Å². The first kappa shape index (κ1) is 14.5. The SMILES string of the molecule is CC1CCCC(C)N1S(=O)(=O)c1cnn(CCO)c1. The Kier molecular flexibility index (Phi) is 4.27. The Bertz CT molecular complexity index is 516. The van der Waals surface area contributed by atoms with Crippen molar-refractivity contribution in [2.45, 2.75) is 56.6 Å². The molecule has 7 heteroatoms. The molecule has 2 rings (SSSR count). The van der Waals surface area contributed by atoms with E-state index in [1.807, 2.05) is 13.8 Å². The molecule has 2 unspecified atom stereocenters. The molecule has 6 nitrogen and oxygen atoms in total. The Morgan fingerprint density at radius 3 is 2.58 bits per heavy atom. The zero-order valence-electron chi connectivity index (χ0n) is 11.4. The summed E-state index contributed by atoms with van der Waals surface area (Å²) in [7, 11) is -3.49. The molecule has 0 radical (unpaired) electrons. The largest absolute Gasteiger partial charge is 0.394 e. The third kappa shape index (κ3) is 2.82. The van der Waals surface area contributed by atoms with Crippen molar-refractivity contribution in [1.82, 2.24) is 14.1 Å². The van der Waals surface area contributed by atoms with Gasteiger partial charge in [-0.15, -0.1) is 0 Å². The van der Waals surface area contributed by atoms with Crippen molar-refractivity contribution < 1.29 is 13.5 Å². The van der Waals surface area contributed by atoms with Crippen LogP contribution in [0.15, 0.2) is 17.3 Å². The summed E-state index contributed by atoms with van der Waals surface area (Å²) in [5.41, 5.74) is 0. The van der Waals surface area contributed by atoms with Crippen LogP contribution in [0.25, 0.3) is 0 Å². The highest BCUT2D eigenvalue weighted by molar-refractivity contribution is 7.89. The number of hydrogen-bond acceptors (Lipinski definition) is 4. The third-order valence-electron chi connectivity index (χ3n) is 3.63. The molecule has 1 N–H and O–H groups in total. The van der Waals surface area contributed by atoms with Gasteiger partial charge in [0.05, 0.1) is 19.3 Å². The van der Waals surface area contributed by atoms with Gasteiger partial charge in [0.1, 0.15) is 4.90 Å². The van der Waals surface area contributed by atoms with E-state index in [1.165, 1.54) is 17.1 Å². The molecule has 2 atom stereocenters. The van der Waals surface area contributed by atoms with Gasteiger partial charge in [-0.25, -0.2) is 8.42 Å². The van der Waals surface area contributed by atoms with Gasteiger partial charge in [0, 0.05) is 18.3 Å². The zero-order chi connectivity index (χ0) is 14.0. The second kappa shape index (κ2) is 5.60. The first-order valence-corrected chi connectivity index (χ1v) is 8.07. The van der Waals surface area contributed by atoms with E-state index in [9.17, 15) is 8.42 Å².